The lowest BCUT2D eigenvalue weighted by Crippen LogP contribution is -1.94. The van der Waals surface area contributed by atoms with Crippen LogP contribution in [-0.4, -0.2) is 10.7 Å². The maximum absolute atomic E-state index is 11.3. The summed E-state index contributed by atoms with van der Waals surface area (Å²) in [5.41, 5.74) is 1.24. The molecule has 0 amide bonds. The first-order chi connectivity index (χ1) is 9.97. The molecule has 4 nitrogen and oxygen atoms in total. The zero-order valence-corrected chi connectivity index (χ0v) is 12.8. The van der Waals surface area contributed by atoms with Crippen LogP contribution < -0.4 is 0 Å². The summed E-state index contributed by atoms with van der Waals surface area (Å²) in [5.74, 6) is 0.407. The summed E-state index contributed by atoms with van der Waals surface area (Å²) in [6.45, 7) is 1.51. The molecule has 0 N–H and O–H groups in total. The molecular formula is C15H12ClNO3S. The highest BCUT2D eigenvalue weighted by Crippen LogP contribution is 2.30. The van der Waals surface area contributed by atoms with E-state index >= 15 is 0 Å². The molecule has 108 valence electrons. The van der Waals surface area contributed by atoms with Crippen LogP contribution in [0.25, 0.3) is 0 Å². The number of nitro benzene ring substituents is 1. The van der Waals surface area contributed by atoms with Crippen molar-refractivity contribution in [3.05, 3.63) is 68.7 Å². The number of carbonyl (C=O) groups excluding carboxylic acids is 1. The monoisotopic (exact) mass is 321 g/mol. The van der Waals surface area contributed by atoms with Crippen LogP contribution in [0.1, 0.15) is 22.8 Å². The first kappa shape index (κ1) is 15.5. The highest BCUT2D eigenvalue weighted by Gasteiger charge is 2.14. The van der Waals surface area contributed by atoms with E-state index in [2.05, 4.69) is 0 Å². The van der Waals surface area contributed by atoms with Crippen molar-refractivity contribution in [1.82, 2.24) is 0 Å². The van der Waals surface area contributed by atoms with Crippen LogP contribution in [0.3, 0.4) is 0 Å². The van der Waals surface area contributed by atoms with Crippen LogP contribution in [0.15, 0.2) is 47.4 Å². The van der Waals surface area contributed by atoms with Gasteiger partial charge in [0.25, 0.3) is 5.69 Å². The number of ketones is 1. The van der Waals surface area contributed by atoms with E-state index in [1.807, 2.05) is 6.07 Å². The zero-order valence-electron chi connectivity index (χ0n) is 11.2. The molecule has 2 rings (SSSR count). The highest BCUT2D eigenvalue weighted by atomic mass is 35.5. The van der Waals surface area contributed by atoms with Crippen molar-refractivity contribution in [1.29, 1.82) is 0 Å². The van der Waals surface area contributed by atoms with Crippen molar-refractivity contribution in [2.75, 3.05) is 0 Å². The van der Waals surface area contributed by atoms with Gasteiger partial charge in [0.2, 0.25) is 0 Å². The molecule has 6 heteroatoms. The van der Waals surface area contributed by atoms with E-state index in [1.165, 1.54) is 30.8 Å². The second-order valence-corrected chi connectivity index (χ2v) is 5.89. The minimum absolute atomic E-state index is 0.00816. The van der Waals surface area contributed by atoms with E-state index in [1.54, 1.807) is 24.3 Å². The standard InChI is InChI=1S/C15H12ClNO3S/c1-10(18)11-3-2-4-14(8-11)21-9-12-7-13(16)5-6-15(12)17(19)20/h2-8H,9H2,1H3. The highest BCUT2D eigenvalue weighted by molar-refractivity contribution is 7.98. The molecule has 0 aliphatic rings. The third kappa shape index (κ3) is 4.06. The number of carbonyl (C=O) groups is 1. The summed E-state index contributed by atoms with van der Waals surface area (Å²) in [6, 6.07) is 11.7. The number of hydrogen-bond donors (Lipinski definition) is 0. The van der Waals surface area contributed by atoms with Gasteiger partial charge < -0.3 is 0 Å². The van der Waals surface area contributed by atoms with Crippen molar-refractivity contribution in [2.45, 2.75) is 17.6 Å². The second-order valence-electron chi connectivity index (χ2n) is 4.40. The number of Topliss-reactive ketones (excluding diaryl/α,β-unsaturated/α-hetero) is 1. The fraction of sp³-hybridized carbons (Fsp3) is 0.133. The van der Waals surface area contributed by atoms with Crippen LogP contribution in [0.5, 0.6) is 0 Å². The fourth-order valence-electron chi connectivity index (χ4n) is 1.81. The van der Waals surface area contributed by atoms with E-state index in [0.717, 1.165) is 4.90 Å². The summed E-state index contributed by atoms with van der Waals surface area (Å²) >= 11 is 7.32. The normalized spacial score (nSPS) is 10.4. The Balaban J connectivity index is 2.20. The van der Waals surface area contributed by atoms with Gasteiger partial charge in [0.1, 0.15) is 0 Å². The number of halogens is 1. The molecule has 0 bridgehead atoms. The molecule has 0 fully saturated rings. The van der Waals surface area contributed by atoms with Gasteiger partial charge in [-0.1, -0.05) is 23.7 Å². The molecule has 0 saturated carbocycles. The van der Waals surface area contributed by atoms with E-state index in [-0.39, 0.29) is 11.5 Å². The second kappa shape index (κ2) is 6.74. The molecule has 0 radical (unpaired) electrons. The molecule has 0 saturated heterocycles. The topological polar surface area (TPSA) is 60.2 Å². The summed E-state index contributed by atoms with van der Waals surface area (Å²) < 4.78 is 0. The Bertz CT molecular complexity index is 703. The SMILES string of the molecule is CC(=O)c1cccc(SCc2cc(Cl)ccc2[N+](=O)[O-])c1. The van der Waals surface area contributed by atoms with E-state index in [9.17, 15) is 14.9 Å². The lowest BCUT2D eigenvalue weighted by atomic mass is 10.2. The molecule has 21 heavy (non-hydrogen) atoms. The Hall–Kier alpha value is -1.85. The Morgan fingerprint density at radius 1 is 1.29 bits per heavy atom. The van der Waals surface area contributed by atoms with Gasteiger partial charge in [-0.2, -0.15) is 0 Å². The average Bonchev–Trinajstić information content (AvgIpc) is 2.45. The predicted octanol–water partition coefficient (Wildman–Crippen LogP) is 4.74. The molecule has 0 aliphatic heterocycles. The maximum Gasteiger partial charge on any atom is 0.273 e. The van der Waals surface area contributed by atoms with E-state index < -0.39 is 4.92 Å². The van der Waals surface area contributed by atoms with Crippen molar-refractivity contribution >= 4 is 34.8 Å². The van der Waals surface area contributed by atoms with Gasteiger partial charge in [-0.05, 0) is 31.2 Å². The Morgan fingerprint density at radius 3 is 2.71 bits per heavy atom. The molecule has 0 unspecified atom stereocenters. The van der Waals surface area contributed by atoms with Crippen molar-refractivity contribution in [3.8, 4) is 0 Å². The average molecular weight is 322 g/mol. The maximum atomic E-state index is 11.3. The first-order valence-corrected chi connectivity index (χ1v) is 7.50. The summed E-state index contributed by atoms with van der Waals surface area (Å²) in [5, 5.41) is 11.5. The van der Waals surface area contributed by atoms with Gasteiger partial charge >= 0.3 is 0 Å². The first-order valence-electron chi connectivity index (χ1n) is 6.14. The van der Waals surface area contributed by atoms with Gasteiger partial charge in [-0.25, -0.2) is 0 Å². The quantitative estimate of drug-likeness (QED) is 0.345. The molecule has 0 spiro atoms. The van der Waals surface area contributed by atoms with E-state index in [4.69, 9.17) is 11.6 Å². The number of benzene rings is 2. The Morgan fingerprint density at radius 2 is 2.05 bits per heavy atom. The van der Waals surface area contributed by atoms with Gasteiger partial charge in [-0.3, -0.25) is 14.9 Å². The van der Waals surface area contributed by atoms with Crippen LogP contribution >= 0.6 is 23.4 Å². The molecule has 0 aromatic heterocycles. The number of thioether (sulfide) groups is 1. The van der Waals surface area contributed by atoms with Crippen LogP contribution in [-0.2, 0) is 5.75 Å². The van der Waals surface area contributed by atoms with Crippen molar-refractivity contribution in [2.24, 2.45) is 0 Å². The lowest BCUT2D eigenvalue weighted by molar-refractivity contribution is -0.385. The predicted molar refractivity (Wildman–Crippen MR) is 84.1 cm³/mol. The largest absolute Gasteiger partial charge is 0.295 e. The lowest BCUT2D eigenvalue weighted by Gasteiger charge is -2.05. The molecule has 2 aromatic carbocycles. The third-order valence-corrected chi connectivity index (χ3v) is 4.15. The van der Waals surface area contributed by atoms with Gasteiger partial charge in [0.15, 0.2) is 5.78 Å². The van der Waals surface area contributed by atoms with Gasteiger partial charge in [0.05, 0.1) is 4.92 Å². The number of nitrogens with zero attached hydrogens (tertiary/aromatic N) is 1. The molecule has 0 aliphatic carbocycles. The number of nitro groups is 1. The summed E-state index contributed by atoms with van der Waals surface area (Å²) in [4.78, 5) is 22.8. The van der Waals surface area contributed by atoms with Crippen LogP contribution in [0.2, 0.25) is 5.02 Å². The van der Waals surface area contributed by atoms with Gasteiger partial charge in [0, 0.05) is 32.9 Å². The Kier molecular flexibility index (Phi) is 4.98. The smallest absolute Gasteiger partial charge is 0.273 e. The zero-order chi connectivity index (χ0) is 15.4. The minimum Gasteiger partial charge on any atom is -0.295 e. The Labute approximate surface area is 131 Å². The van der Waals surface area contributed by atoms with Crippen molar-refractivity contribution in [3.63, 3.8) is 0 Å². The molecule has 2 aromatic rings. The van der Waals surface area contributed by atoms with Crippen LogP contribution in [0.4, 0.5) is 5.69 Å². The molecule has 0 atom stereocenters. The minimum atomic E-state index is -0.418. The summed E-state index contributed by atoms with van der Waals surface area (Å²) in [6.07, 6.45) is 0. The number of hydrogen-bond acceptors (Lipinski definition) is 4. The van der Waals surface area contributed by atoms with Crippen LogP contribution in [0, 0.1) is 10.1 Å². The van der Waals surface area contributed by atoms with Gasteiger partial charge in [-0.15, -0.1) is 11.8 Å². The van der Waals surface area contributed by atoms with E-state index in [0.29, 0.717) is 21.9 Å². The number of rotatable bonds is 5. The third-order valence-electron chi connectivity index (χ3n) is 2.87. The summed E-state index contributed by atoms with van der Waals surface area (Å²) in [7, 11) is 0. The molecular weight excluding hydrogens is 310 g/mol. The fourth-order valence-corrected chi connectivity index (χ4v) is 2.95. The molecule has 0 heterocycles. The van der Waals surface area contributed by atoms with Crippen molar-refractivity contribution < 1.29 is 9.72 Å².